The number of piperidine rings is 1. The SMILES string of the molecule is Cc1ccc(S(=O)(=O)N2CCC(C(=O)N3CCCN(C)CC3)CC2)cc1C. The third-order valence-electron chi connectivity index (χ3n) is 5.95. The fraction of sp³-hybridized carbons (Fsp3) is 0.650. The number of likely N-dealkylation sites (N-methyl/N-ethyl adjacent to an activating group) is 1. The van der Waals surface area contributed by atoms with Gasteiger partial charge in [0.2, 0.25) is 15.9 Å². The number of carbonyl (C=O) groups excluding carboxylic acids is 1. The van der Waals surface area contributed by atoms with Gasteiger partial charge in [0.15, 0.2) is 0 Å². The van der Waals surface area contributed by atoms with Gasteiger partial charge in [0, 0.05) is 38.6 Å². The molecule has 0 unspecified atom stereocenters. The number of aryl methyl sites for hydroxylation is 2. The standard InChI is InChI=1S/C20H31N3O3S/c1-16-5-6-19(15-17(16)2)27(25,26)23-11-7-18(8-12-23)20(24)22-10-4-9-21(3)13-14-22/h5-6,15,18H,4,7-14H2,1-3H3. The molecule has 3 rings (SSSR count). The Morgan fingerprint density at radius 2 is 1.67 bits per heavy atom. The predicted molar refractivity (Wildman–Crippen MR) is 106 cm³/mol. The molecular formula is C20H31N3O3S. The zero-order chi connectivity index (χ0) is 19.6. The minimum atomic E-state index is -3.49. The summed E-state index contributed by atoms with van der Waals surface area (Å²) in [5, 5.41) is 0. The summed E-state index contributed by atoms with van der Waals surface area (Å²) < 4.78 is 27.4. The molecule has 2 aliphatic heterocycles. The molecule has 7 heteroatoms. The van der Waals surface area contributed by atoms with Crippen LogP contribution in [0.1, 0.15) is 30.4 Å². The monoisotopic (exact) mass is 393 g/mol. The first-order valence-corrected chi connectivity index (χ1v) is 11.3. The van der Waals surface area contributed by atoms with Crippen LogP contribution in [0.25, 0.3) is 0 Å². The van der Waals surface area contributed by atoms with Crippen molar-refractivity contribution in [2.75, 3.05) is 46.3 Å². The molecule has 0 aromatic heterocycles. The van der Waals surface area contributed by atoms with Crippen molar-refractivity contribution in [1.82, 2.24) is 14.1 Å². The Kier molecular flexibility index (Phi) is 6.23. The number of amides is 1. The van der Waals surface area contributed by atoms with E-state index in [4.69, 9.17) is 0 Å². The molecule has 0 atom stereocenters. The van der Waals surface area contributed by atoms with Gasteiger partial charge in [-0.3, -0.25) is 4.79 Å². The molecule has 0 saturated carbocycles. The highest BCUT2D eigenvalue weighted by Gasteiger charge is 2.34. The lowest BCUT2D eigenvalue weighted by Gasteiger charge is -2.33. The summed E-state index contributed by atoms with van der Waals surface area (Å²) in [6.07, 6.45) is 2.22. The number of hydrogen-bond acceptors (Lipinski definition) is 4. The van der Waals surface area contributed by atoms with Gasteiger partial charge in [-0.05, 0) is 70.0 Å². The Labute approximate surface area is 163 Å². The summed E-state index contributed by atoms with van der Waals surface area (Å²) in [5.74, 6) is 0.146. The van der Waals surface area contributed by atoms with Gasteiger partial charge >= 0.3 is 0 Å². The van der Waals surface area contributed by atoms with Crippen LogP contribution in [-0.4, -0.2) is 74.7 Å². The Hall–Kier alpha value is -1.44. The third-order valence-corrected chi connectivity index (χ3v) is 7.85. The minimum absolute atomic E-state index is 0.0559. The molecule has 1 amide bonds. The topological polar surface area (TPSA) is 60.9 Å². The number of nitrogens with zero attached hydrogens (tertiary/aromatic N) is 3. The van der Waals surface area contributed by atoms with E-state index in [1.165, 1.54) is 4.31 Å². The number of hydrogen-bond donors (Lipinski definition) is 0. The Morgan fingerprint density at radius 1 is 0.963 bits per heavy atom. The van der Waals surface area contributed by atoms with E-state index in [9.17, 15) is 13.2 Å². The van der Waals surface area contributed by atoms with Gasteiger partial charge in [0.05, 0.1) is 4.90 Å². The molecule has 0 radical (unpaired) electrons. The zero-order valence-corrected chi connectivity index (χ0v) is 17.5. The number of rotatable bonds is 3. The summed E-state index contributed by atoms with van der Waals surface area (Å²) in [5.41, 5.74) is 2.06. The van der Waals surface area contributed by atoms with Gasteiger partial charge < -0.3 is 9.80 Å². The molecule has 1 aromatic carbocycles. The lowest BCUT2D eigenvalue weighted by molar-refractivity contribution is -0.136. The highest BCUT2D eigenvalue weighted by molar-refractivity contribution is 7.89. The maximum atomic E-state index is 12.9. The Balaban J connectivity index is 1.62. The van der Waals surface area contributed by atoms with Crippen LogP contribution in [0.3, 0.4) is 0 Å². The number of benzene rings is 1. The van der Waals surface area contributed by atoms with E-state index in [1.54, 1.807) is 12.1 Å². The van der Waals surface area contributed by atoms with Crippen molar-refractivity contribution in [1.29, 1.82) is 0 Å². The summed E-state index contributed by atoms with van der Waals surface area (Å²) >= 11 is 0. The molecule has 0 N–H and O–H groups in total. The molecular weight excluding hydrogens is 362 g/mol. The molecule has 1 aromatic rings. The van der Waals surface area contributed by atoms with Crippen LogP contribution < -0.4 is 0 Å². The second-order valence-corrected chi connectivity index (χ2v) is 9.84. The van der Waals surface area contributed by atoms with Crippen LogP contribution in [0.4, 0.5) is 0 Å². The van der Waals surface area contributed by atoms with Crippen LogP contribution in [0.2, 0.25) is 0 Å². The van der Waals surface area contributed by atoms with E-state index >= 15 is 0 Å². The van der Waals surface area contributed by atoms with Crippen LogP contribution in [0.5, 0.6) is 0 Å². The molecule has 2 aliphatic rings. The van der Waals surface area contributed by atoms with Crippen molar-refractivity contribution in [3.63, 3.8) is 0 Å². The molecule has 2 saturated heterocycles. The van der Waals surface area contributed by atoms with Gasteiger partial charge in [0.25, 0.3) is 0 Å². The number of carbonyl (C=O) groups is 1. The minimum Gasteiger partial charge on any atom is -0.341 e. The summed E-state index contributed by atoms with van der Waals surface area (Å²) in [7, 11) is -1.40. The molecule has 27 heavy (non-hydrogen) atoms. The van der Waals surface area contributed by atoms with E-state index < -0.39 is 10.0 Å². The van der Waals surface area contributed by atoms with Crippen molar-refractivity contribution in [3.8, 4) is 0 Å². The van der Waals surface area contributed by atoms with E-state index in [0.717, 1.165) is 43.7 Å². The highest BCUT2D eigenvalue weighted by Crippen LogP contribution is 2.26. The smallest absolute Gasteiger partial charge is 0.243 e. The van der Waals surface area contributed by atoms with Gasteiger partial charge in [-0.25, -0.2) is 8.42 Å². The van der Waals surface area contributed by atoms with Crippen LogP contribution >= 0.6 is 0 Å². The average molecular weight is 394 g/mol. The quantitative estimate of drug-likeness (QED) is 0.787. The van der Waals surface area contributed by atoms with Crippen molar-refractivity contribution in [2.45, 2.75) is 38.0 Å². The maximum Gasteiger partial charge on any atom is 0.243 e. The van der Waals surface area contributed by atoms with Crippen molar-refractivity contribution < 1.29 is 13.2 Å². The predicted octanol–water partition coefficient (Wildman–Crippen LogP) is 1.87. The molecule has 0 aliphatic carbocycles. The van der Waals surface area contributed by atoms with Gasteiger partial charge in [0.1, 0.15) is 0 Å². The van der Waals surface area contributed by atoms with Crippen LogP contribution in [0, 0.1) is 19.8 Å². The molecule has 150 valence electrons. The van der Waals surface area contributed by atoms with Gasteiger partial charge in [-0.2, -0.15) is 4.31 Å². The van der Waals surface area contributed by atoms with E-state index in [1.807, 2.05) is 24.8 Å². The molecule has 2 heterocycles. The average Bonchev–Trinajstić information content (AvgIpc) is 2.88. The third kappa shape index (κ3) is 4.52. The van der Waals surface area contributed by atoms with Crippen LogP contribution in [0.15, 0.2) is 23.1 Å². The molecule has 2 fully saturated rings. The van der Waals surface area contributed by atoms with Gasteiger partial charge in [-0.15, -0.1) is 0 Å². The van der Waals surface area contributed by atoms with Crippen LogP contribution in [-0.2, 0) is 14.8 Å². The van der Waals surface area contributed by atoms with Crippen molar-refractivity contribution >= 4 is 15.9 Å². The molecule has 0 bridgehead atoms. The normalized spacial score (nSPS) is 21.2. The van der Waals surface area contributed by atoms with Gasteiger partial charge in [-0.1, -0.05) is 6.07 Å². The first kappa shape index (κ1) is 20.3. The number of sulfonamides is 1. The fourth-order valence-electron chi connectivity index (χ4n) is 3.89. The van der Waals surface area contributed by atoms with E-state index in [0.29, 0.717) is 30.8 Å². The second kappa shape index (κ2) is 8.29. The van der Waals surface area contributed by atoms with Crippen molar-refractivity contribution in [3.05, 3.63) is 29.3 Å². The first-order chi connectivity index (χ1) is 12.8. The molecule has 6 nitrogen and oxygen atoms in total. The summed E-state index contributed by atoms with van der Waals surface area (Å²) in [6, 6.07) is 5.28. The lowest BCUT2D eigenvalue weighted by atomic mass is 9.96. The fourth-order valence-corrected chi connectivity index (χ4v) is 5.45. The Bertz CT molecular complexity index is 786. The maximum absolute atomic E-state index is 12.9. The van der Waals surface area contributed by atoms with E-state index in [-0.39, 0.29) is 11.8 Å². The Morgan fingerprint density at radius 3 is 2.33 bits per heavy atom. The second-order valence-electron chi connectivity index (χ2n) is 7.91. The van der Waals surface area contributed by atoms with Crippen molar-refractivity contribution in [2.24, 2.45) is 5.92 Å². The lowest BCUT2D eigenvalue weighted by Crippen LogP contribution is -2.45. The first-order valence-electron chi connectivity index (χ1n) is 9.84. The highest BCUT2D eigenvalue weighted by atomic mass is 32.2. The molecule has 0 spiro atoms. The summed E-state index contributed by atoms with van der Waals surface area (Å²) in [6.45, 7) is 8.25. The summed E-state index contributed by atoms with van der Waals surface area (Å²) in [4.78, 5) is 17.4. The zero-order valence-electron chi connectivity index (χ0n) is 16.6. The van der Waals surface area contributed by atoms with E-state index in [2.05, 4.69) is 11.9 Å². The largest absolute Gasteiger partial charge is 0.341 e.